The van der Waals surface area contributed by atoms with Crippen molar-refractivity contribution in [1.29, 1.82) is 0 Å². The number of aryl methyl sites for hydroxylation is 1. The van der Waals surface area contributed by atoms with E-state index in [1.807, 2.05) is 49.9 Å². The maximum absolute atomic E-state index is 11.6. The molecule has 0 radical (unpaired) electrons. The Bertz CT molecular complexity index is 1230. The Labute approximate surface area is 225 Å². The van der Waals surface area contributed by atoms with Gasteiger partial charge in [0.1, 0.15) is 17.2 Å². The number of pyridine rings is 1. The predicted molar refractivity (Wildman–Crippen MR) is 153 cm³/mol. The number of anilines is 1. The van der Waals surface area contributed by atoms with E-state index >= 15 is 0 Å². The molecule has 38 heavy (non-hydrogen) atoms. The Morgan fingerprint density at radius 2 is 1.97 bits per heavy atom. The SMILES string of the molecule is CC.CCCC.CNc1cc(-c2cnc3n(C)cccc2-3)nc2c(C(N)=O)cnn12.COC1CCCOC1. The summed E-state index contributed by atoms with van der Waals surface area (Å²) in [5.74, 6) is 1.01. The zero-order chi connectivity index (χ0) is 28.1. The van der Waals surface area contributed by atoms with E-state index in [2.05, 4.69) is 34.2 Å². The van der Waals surface area contributed by atoms with Gasteiger partial charge in [-0.1, -0.05) is 40.5 Å². The molecule has 1 unspecified atom stereocenters. The van der Waals surface area contributed by atoms with Crippen molar-refractivity contribution in [2.45, 2.75) is 59.5 Å². The molecule has 10 heteroatoms. The number of carbonyl (C=O) groups is 1. The minimum atomic E-state index is -0.561. The number of methoxy groups -OCH3 is 1. The summed E-state index contributed by atoms with van der Waals surface area (Å²) in [5, 5.41) is 7.25. The second-order valence-corrected chi connectivity index (χ2v) is 8.54. The molecule has 0 bridgehead atoms. The van der Waals surface area contributed by atoms with Crippen LogP contribution in [0.25, 0.3) is 28.3 Å². The van der Waals surface area contributed by atoms with Gasteiger partial charge in [0.05, 0.1) is 24.6 Å². The van der Waals surface area contributed by atoms with Crippen LogP contribution in [0.3, 0.4) is 0 Å². The van der Waals surface area contributed by atoms with E-state index in [9.17, 15) is 4.79 Å². The fourth-order valence-electron chi connectivity index (χ4n) is 3.72. The van der Waals surface area contributed by atoms with Gasteiger partial charge in [0.2, 0.25) is 0 Å². The first-order chi connectivity index (χ1) is 18.4. The molecule has 3 N–H and O–H groups in total. The van der Waals surface area contributed by atoms with Crippen LogP contribution in [0.5, 0.6) is 0 Å². The fraction of sp³-hybridized carbons (Fsp3) is 0.500. The zero-order valence-corrected chi connectivity index (χ0v) is 23.8. The lowest BCUT2D eigenvalue weighted by Gasteiger charge is -2.19. The lowest BCUT2D eigenvalue weighted by molar-refractivity contribution is -0.0291. The number of rotatable bonds is 5. The van der Waals surface area contributed by atoms with Crippen LogP contribution in [0.1, 0.15) is 63.7 Å². The number of carbonyl (C=O) groups excluding carboxylic acids is 1. The standard InChI is InChI=1S/C16H15N7O.C6H12O2.C4H10.C2H6/c1-18-13-6-12(21-16-11(14(17)24)8-20-23(13)16)10-7-19-15-9(10)4-3-5-22(15)2;1-7-6-3-2-4-8-5-6;1-3-4-2;1-2/h3-8,18H,1-2H3,(H2,17,24);6H,2-5H2,1H3;3-4H2,1-2H3;1-2H3. The van der Waals surface area contributed by atoms with Crippen LogP contribution >= 0.6 is 0 Å². The van der Waals surface area contributed by atoms with Gasteiger partial charge >= 0.3 is 0 Å². The molecule has 3 aliphatic rings. The van der Waals surface area contributed by atoms with Gasteiger partial charge in [-0.3, -0.25) is 4.79 Å². The zero-order valence-electron chi connectivity index (χ0n) is 23.8. The van der Waals surface area contributed by atoms with Crippen molar-refractivity contribution in [3.63, 3.8) is 0 Å². The molecule has 5 rings (SSSR count). The Morgan fingerprint density at radius 3 is 2.53 bits per heavy atom. The van der Waals surface area contributed by atoms with Crippen molar-refractivity contribution in [1.82, 2.24) is 24.1 Å². The maximum atomic E-state index is 11.6. The third-order valence-electron chi connectivity index (χ3n) is 5.97. The Morgan fingerprint density at radius 1 is 1.24 bits per heavy atom. The molecule has 0 spiro atoms. The van der Waals surface area contributed by atoms with Gasteiger partial charge in [-0.25, -0.2) is 9.97 Å². The van der Waals surface area contributed by atoms with Crippen molar-refractivity contribution < 1.29 is 14.3 Å². The molecular weight excluding hydrogens is 482 g/mol. The van der Waals surface area contributed by atoms with E-state index < -0.39 is 5.91 Å². The molecule has 0 aromatic carbocycles. The largest absolute Gasteiger partial charge is 0.379 e. The predicted octanol–water partition coefficient (Wildman–Crippen LogP) is 5.02. The number of nitrogens with zero attached hydrogens (tertiary/aromatic N) is 5. The van der Waals surface area contributed by atoms with Crippen LogP contribution in [0.4, 0.5) is 5.82 Å². The number of amides is 1. The summed E-state index contributed by atoms with van der Waals surface area (Å²) in [6.07, 6.45) is 10.5. The van der Waals surface area contributed by atoms with E-state index in [1.54, 1.807) is 24.9 Å². The average molecular weight is 526 g/mol. The number of nitrogens with one attached hydrogen (secondary N) is 1. The Balaban J connectivity index is 0.000000300. The number of nitrogens with two attached hydrogens (primary N) is 1. The van der Waals surface area contributed by atoms with Crippen LogP contribution in [-0.4, -0.2) is 63.5 Å². The highest BCUT2D eigenvalue weighted by Crippen LogP contribution is 2.33. The van der Waals surface area contributed by atoms with Crippen molar-refractivity contribution in [2.24, 2.45) is 12.8 Å². The van der Waals surface area contributed by atoms with Gasteiger partial charge < -0.3 is 25.1 Å². The minimum Gasteiger partial charge on any atom is -0.379 e. The van der Waals surface area contributed by atoms with Crippen molar-refractivity contribution in [3.05, 3.63) is 42.4 Å². The maximum Gasteiger partial charge on any atom is 0.254 e. The molecule has 2 aromatic rings. The molecule has 10 nitrogen and oxygen atoms in total. The molecule has 0 saturated carbocycles. The van der Waals surface area contributed by atoms with Crippen molar-refractivity contribution >= 4 is 17.4 Å². The topological polar surface area (TPSA) is 122 Å². The smallest absolute Gasteiger partial charge is 0.254 e. The highest BCUT2D eigenvalue weighted by Gasteiger charge is 2.19. The lowest BCUT2D eigenvalue weighted by atomic mass is 10.1. The molecule has 208 valence electrons. The molecule has 2 aromatic heterocycles. The van der Waals surface area contributed by atoms with Crippen LogP contribution in [0.2, 0.25) is 0 Å². The minimum absolute atomic E-state index is 0.280. The number of ether oxygens (including phenoxy) is 2. The summed E-state index contributed by atoms with van der Waals surface area (Å²) in [6.45, 7) is 10.1. The van der Waals surface area contributed by atoms with Crippen LogP contribution in [-0.2, 0) is 16.5 Å². The van der Waals surface area contributed by atoms with Gasteiger partial charge in [0.15, 0.2) is 5.65 Å². The highest BCUT2D eigenvalue weighted by atomic mass is 16.5. The third kappa shape index (κ3) is 7.52. The molecule has 0 aliphatic carbocycles. The number of hydrogen-bond acceptors (Lipinski definition) is 7. The van der Waals surface area contributed by atoms with Crippen LogP contribution in [0.15, 0.2) is 36.8 Å². The third-order valence-corrected chi connectivity index (χ3v) is 5.97. The second kappa shape index (κ2) is 15.7. The second-order valence-electron chi connectivity index (χ2n) is 8.54. The number of hydrogen-bond donors (Lipinski definition) is 2. The first-order valence-corrected chi connectivity index (χ1v) is 13.3. The van der Waals surface area contributed by atoms with E-state index in [0.29, 0.717) is 23.3 Å². The molecule has 1 saturated heterocycles. The fourth-order valence-corrected chi connectivity index (χ4v) is 3.72. The molecule has 1 amide bonds. The number of fused-ring (bicyclic) bond motifs is 2. The van der Waals surface area contributed by atoms with E-state index in [0.717, 1.165) is 43.0 Å². The Hall–Kier alpha value is -3.50. The first-order valence-electron chi connectivity index (χ1n) is 13.3. The highest BCUT2D eigenvalue weighted by molar-refractivity contribution is 5.99. The molecular formula is C28H43N7O3. The quantitative estimate of drug-likeness (QED) is 0.375. The molecule has 1 atom stereocenters. The molecule has 1 fully saturated rings. The van der Waals surface area contributed by atoms with E-state index in [1.165, 1.54) is 19.0 Å². The van der Waals surface area contributed by atoms with Crippen molar-refractivity contribution in [2.75, 3.05) is 32.7 Å². The van der Waals surface area contributed by atoms with Gasteiger partial charge in [-0.15, -0.1) is 0 Å². The van der Waals surface area contributed by atoms with Gasteiger partial charge in [0, 0.05) is 57.4 Å². The lowest BCUT2D eigenvalue weighted by Crippen LogP contribution is -2.23. The van der Waals surface area contributed by atoms with E-state index in [-0.39, 0.29) is 5.56 Å². The summed E-state index contributed by atoms with van der Waals surface area (Å²) < 4.78 is 13.7. The summed E-state index contributed by atoms with van der Waals surface area (Å²) in [5.41, 5.74) is 8.69. The first kappa shape index (κ1) is 30.7. The average Bonchev–Trinajstić information content (AvgIpc) is 3.60. The Kier molecular flexibility index (Phi) is 12.7. The number of primary amides is 1. The normalized spacial score (nSPS) is 14.4. The van der Waals surface area contributed by atoms with Gasteiger partial charge in [0.25, 0.3) is 5.91 Å². The number of unbranched alkanes of at least 4 members (excludes halogenated alkanes) is 1. The number of aromatic nitrogens is 5. The summed E-state index contributed by atoms with van der Waals surface area (Å²) in [4.78, 5) is 20.7. The summed E-state index contributed by atoms with van der Waals surface area (Å²) >= 11 is 0. The van der Waals surface area contributed by atoms with Gasteiger partial charge in [-0.2, -0.15) is 9.61 Å². The van der Waals surface area contributed by atoms with E-state index in [4.69, 9.17) is 15.2 Å². The summed E-state index contributed by atoms with van der Waals surface area (Å²) in [7, 11) is 5.46. The van der Waals surface area contributed by atoms with Crippen LogP contribution in [0, 0.1) is 0 Å². The van der Waals surface area contributed by atoms with Crippen LogP contribution < -0.4 is 11.1 Å². The van der Waals surface area contributed by atoms with Crippen molar-refractivity contribution in [3.8, 4) is 22.6 Å². The molecule has 5 heterocycles. The monoisotopic (exact) mass is 525 g/mol. The van der Waals surface area contributed by atoms with Gasteiger partial charge in [-0.05, 0) is 25.0 Å². The summed E-state index contributed by atoms with van der Waals surface area (Å²) in [6, 6.07) is 5.82. The molecule has 3 aliphatic heterocycles.